The fourth-order valence-electron chi connectivity index (χ4n) is 0.909. The maximum absolute atomic E-state index is 10.0. The molecule has 1 aromatic heterocycles. The van der Waals surface area contributed by atoms with E-state index >= 15 is 0 Å². The van der Waals surface area contributed by atoms with Gasteiger partial charge in [-0.05, 0) is 20.5 Å². The minimum atomic E-state index is -0.848. The lowest BCUT2D eigenvalue weighted by molar-refractivity contribution is -0.136. The predicted octanol–water partition coefficient (Wildman–Crippen LogP) is 0.313. The molecule has 6 nitrogen and oxygen atoms in total. The van der Waals surface area contributed by atoms with Gasteiger partial charge in [0.25, 0.3) is 0 Å². The zero-order valence-electron chi connectivity index (χ0n) is 9.84. The van der Waals surface area contributed by atoms with E-state index in [4.69, 9.17) is 10.2 Å². The Bertz CT molecular complexity index is 286. The van der Waals surface area contributed by atoms with Crippen molar-refractivity contribution in [2.45, 2.75) is 26.0 Å². The van der Waals surface area contributed by atoms with E-state index in [1.807, 2.05) is 21.0 Å². The molecule has 1 aromatic rings. The van der Waals surface area contributed by atoms with E-state index in [9.17, 15) is 4.79 Å². The van der Waals surface area contributed by atoms with Crippen LogP contribution in [-0.2, 0) is 11.2 Å². The maximum atomic E-state index is 10.0. The standard InChI is InChI=1S/C5H6N2O2.C5H13NO/c8-5(9)1-4-2-6-3-7-4;1-4-5(7)6(2)3/h2-3H,1H2,(H,6,7)(H,8,9);5,7H,4H2,1-3H3. The van der Waals surface area contributed by atoms with Crippen molar-refractivity contribution < 1.29 is 15.0 Å². The van der Waals surface area contributed by atoms with Crippen molar-refractivity contribution in [1.29, 1.82) is 0 Å². The van der Waals surface area contributed by atoms with Crippen LogP contribution in [0.5, 0.6) is 0 Å². The number of carboxylic acid groups (broad SMARTS) is 1. The highest BCUT2D eigenvalue weighted by molar-refractivity contribution is 5.69. The molecule has 0 bridgehead atoms. The van der Waals surface area contributed by atoms with Gasteiger partial charge in [-0.15, -0.1) is 0 Å². The molecule has 0 saturated carbocycles. The summed E-state index contributed by atoms with van der Waals surface area (Å²) in [6.45, 7) is 1.95. The number of aliphatic carboxylic acids is 1. The number of aromatic amines is 1. The average Bonchev–Trinajstić information content (AvgIpc) is 2.69. The second kappa shape index (κ2) is 7.84. The highest BCUT2D eigenvalue weighted by atomic mass is 16.4. The van der Waals surface area contributed by atoms with Crippen molar-refractivity contribution in [1.82, 2.24) is 14.9 Å². The first-order valence-electron chi connectivity index (χ1n) is 5.00. The lowest BCUT2D eigenvalue weighted by Crippen LogP contribution is -2.26. The molecule has 1 heterocycles. The minimum absolute atomic E-state index is 0.0139. The van der Waals surface area contributed by atoms with Gasteiger partial charge in [0.05, 0.1) is 12.7 Å². The summed E-state index contributed by atoms with van der Waals surface area (Å²) in [5.41, 5.74) is 0.627. The lowest BCUT2D eigenvalue weighted by Gasteiger charge is -2.15. The third-order valence-electron chi connectivity index (χ3n) is 1.86. The number of hydrogen-bond donors (Lipinski definition) is 3. The summed E-state index contributed by atoms with van der Waals surface area (Å²) in [6, 6.07) is 0. The van der Waals surface area contributed by atoms with Crippen LogP contribution in [0.25, 0.3) is 0 Å². The van der Waals surface area contributed by atoms with Gasteiger partial charge in [-0.25, -0.2) is 4.98 Å². The zero-order valence-corrected chi connectivity index (χ0v) is 9.84. The van der Waals surface area contributed by atoms with Gasteiger partial charge in [0, 0.05) is 11.9 Å². The number of carboxylic acids is 1. The van der Waals surface area contributed by atoms with Crippen LogP contribution in [-0.4, -0.2) is 51.4 Å². The van der Waals surface area contributed by atoms with Gasteiger partial charge in [0.1, 0.15) is 6.23 Å². The molecule has 0 aliphatic heterocycles. The van der Waals surface area contributed by atoms with Gasteiger partial charge in [-0.1, -0.05) is 6.92 Å². The number of imidazole rings is 1. The smallest absolute Gasteiger partial charge is 0.309 e. The summed E-state index contributed by atoms with van der Waals surface area (Å²) < 4.78 is 0. The number of hydrogen-bond acceptors (Lipinski definition) is 4. The fourth-order valence-corrected chi connectivity index (χ4v) is 0.909. The number of H-pyrrole nitrogens is 1. The van der Waals surface area contributed by atoms with Crippen molar-refractivity contribution in [3.05, 3.63) is 18.2 Å². The minimum Gasteiger partial charge on any atom is -0.481 e. The number of rotatable bonds is 4. The molecular weight excluding hydrogens is 210 g/mol. The van der Waals surface area contributed by atoms with Gasteiger partial charge in [-0.2, -0.15) is 0 Å². The monoisotopic (exact) mass is 229 g/mol. The van der Waals surface area contributed by atoms with Gasteiger partial charge in [0.15, 0.2) is 0 Å². The summed E-state index contributed by atoms with van der Waals surface area (Å²) in [5, 5.41) is 17.1. The lowest BCUT2D eigenvalue weighted by atomic mass is 10.3. The first-order valence-corrected chi connectivity index (χ1v) is 5.00. The van der Waals surface area contributed by atoms with Crippen LogP contribution in [0.1, 0.15) is 19.0 Å². The molecule has 1 unspecified atom stereocenters. The third-order valence-corrected chi connectivity index (χ3v) is 1.86. The summed E-state index contributed by atoms with van der Waals surface area (Å²) in [7, 11) is 3.71. The summed E-state index contributed by atoms with van der Waals surface area (Å²) in [6.07, 6.45) is 3.50. The molecular formula is C10H19N3O3. The topological polar surface area (TPSA) is 89.4 Å². The Morgan fingerprint density at radius 1 is 1.62 bits per heavy atom. The highest BCUT2D eigenvalue weighted by Crippen LogP contribution is 1.91. The van der Waals surface area contributed by atoms with E-state index in [0.717, 1.165) is 6.42 Å². The van der Waals surface area contributed by atoms with Crippen LogP contribution in [0.15, 0.2) is 12.5 Å². The van der Waals surface area contributed by atoms with Crippen LogP contribution in [0.4, 0.5) is 0 Å². The molecule has 0 amide bonds. The van der Waals surface area contributed by atoms with Crippen LogP contribution >= 0.6 is 0 Å². The van der Waals surface area contributed by atoms with Gasteiger partial charge in [-0.3, -0.25) is 9.69 Å². The van der Waals surface area contributed by atoms with Crippen molar-refractivity contribution in [2.24, 2.45) is 0 Å². The van der Waals surface area contributed by atoms with Gasteiger partial charge < -0.3 is 15.2 Å². The van der Waals surface area contributed by atoms with Crippen molar-refractivity contribution in [3.63, 3.8) is 0 Å². The summed E-state index contributed by atoms with van der Waals surface area (Å²) in [4.78, 5) is 18.1. The van der Waals surface area contributed by atoms with Crippen LogP contribution in [0, 0.1) is 0 Å². The van der Waals surface area contributed by atoms with Gasteiger partial charge in [0.2, 0.25) is 0 Å². The maximum Gasteiger partial charge on any atom is 0.309 e. The molecule has 0 aliphatic carbocycles. The van der Waals surface area contributed by atoms with Crippen LogP contribution in [0.2, 0.25) is 0 Å². The molecule has 0 fully saturated rings. The van der Waals surface area contributed by atoms with Crippen LogP contribution in [0.3, 0.4) is 0 Å². The Hall–Kier alpha value is -1.40. The first kappa shape index (κ1) is 14.6. The second-order valence-electron chi connectivity index (χ2n) is 3.50. The Morgan fingerprint density at radius 2 is 2.25 bits per heavy atom. The van der Waals surface area contributed by atoms with E-state index < -0.39 is 5.97 Å². The molecule has 1 rings (SSSR count). The molecule has 92 valence electrons. The SMILES string of the molecule is CCC(O)N(C)C.O=C(O)Cc1cnc[nH]1. The van der Waals surface area contributed by atoms with Crippen molar-refractivity contribution >= 4 is 5.97 Å². The Labute approximate surface area is 94.9 Å². The number of nitrogens with one attached hydrogen (secondary N) is 1. The molecule has 0 radical (unpaired) electrons. The molecule has 0 spiro atoms. The third kappa shape index (κ3) is 6.97. The largest absolute Gasteiger partial charge is 0.481 e. The van der Waals surface area contributed by atoms with E-state index in [-0.39, 0.29) is 12.6 Å². The molecule has 1 atom stereocenters. The molecule has 0 aliphatic rings. The highest BCUT2D eigenvalue weighted by Gasteiger charge is 1.99. The Balaban J connectivity index is 0.000000293. The Kier molecular flexibility index (Phi) is 7.15. The quantitative estimate of drug-likeness (QED) is 0.647. The van der Waals surface area contributed by atoms with Crippen molar-refractivity contribution in [3.8, 4) is 0 Å². The average molecular weight is 229 g/mol. The Morgan fingerprint density at radius 3 is 2.50 bits per heavy atom. The first-order chi connectivity index (χ1) is 7.47. The predicted molar refractivity (Wildman–Crippen MR) is 59.9 cm³/mol. The van der Waals surface area contributed by atoms with E-state index in [1.54, 1.807) is 4.90 Å². The normalized spacial score (nSPS) is 11.8. The molecule has 0 saturated heterocycles. The molecule has 0 aromatic carbocycles. The fraction of sp³-hybridized carbons (Fsp3) is 0.600. The van der Waals surface area contributed by atoms with Gasteiger partial charge >= 0.3 is 5.97 Å². The number of aromatic nitrogens is 2. The second-order valence-corrected chi connectivity index (χ2v) is 3.50. The van der Waals surface area contributed by atoms with Crippen molar-refractivity contribution in [2.75, 3.05) is 14.1 Å². The van der Waals surface area contributed by atoms with Crippen LogP contribution < -0.4 is 0 Å². The summed E-state index contributed by atoms with van der Waals surface area (Å²) >= 11 is 0. The van der Waals surface area contributed by atoms with E-state index in [1.165, 1.54) is 12.5 Å². The van der Waals surface area contributed by atoms with E-state index in [0.29, 0.717) is 5.69 Å². The molecule has 6 heteroatoms. The zero-order chi connectivity index (χ0) is 12.6. The number of aliphatic hydroxyl groups is 1. The number of aliphatic hydroxyl groups excluding tert-OH is 1. The van der Waals surface area contributed by atoms with E-state index in [2.05, 4.69) is 9.97 Å². The number of carbonyl (C=O) groups is 1. The molecule has 3 N–H and O–H groups in total. The summed E-state index contributed by atoms with van der Waals surface area (Å²) in [5.74, 6) is -0.848. The number of nitrogens with zero attached hydrogens (tertiary/aromatic N) is 2. The molecule has 16 heavy (non-hydrogen) atoms.